The zero-order valence-electron chi connectivity index (χ0n) is 8.24. The summed E-state index contributed by atoms with van der Waals surface area (Å²) in [4.78, 5) is 14.6. The molecule has 0 aliphatic carbocycles. The number of benzene rings is 1. The highest BCUT2D eigenvalue weighted by Crippen LogP contribution is 2.30. The highest BCUT2D eigenvalue weighted by molar-refractivity contribution is 7.22. The van der Waals surface area contributed by atoms with Gasteiger partial charge in [-0.2, -0.15) is 0 Å². The van der Waals surface area contributed by atoms with Crippen molar-refractivity contribution in [1.29, 1.82) is 0 Å². The Morgan fingerprint density at radius 3 is 3.06 bits per heavy atom. The van der Waals surface area contributed by atoms with Crippen molar-refractivity contribution in [3.8, 4) is 0 Å². The second kappa shape index (κ2) is 4.67. The summed E-state index contributed by atoms with van der Waals surface area (Å²) in [5.74, 6) is -0.827. The number of carboxylic acids is 1. The second-order valence-electron chi connectivity index (χ2n) is 3.18. The molecule has 4 nitrogen and oxygen atoms in total. The molecule has 0 amide bonds. The van der Waals surface area contributed by atoms with Gasteiger partial charge in [0.15, 0.2) is 5.13 Å². The molecule has 2 rings (SSSR count). The molecule has 84 valence electrons. The lowest BCUT2D eigenvalue weighted by Crippen LogP contribution is -2.06. The molecule has 1 aromatic heterocycles. The van der Waals surface area contributed by atoms with E-state index in [1.807, 2.05) is 12.1 Å². The van der Waals surface area contributed by atoms with Gasteiger partial charge in [0, 0.05) is 6.54 Å². The molecular weight excluding hydrogens is 248 g/mol. The van der Waals surface area contributed by atoms with E-state index in [-0.39, 0.29) is 6.42 Å². The molecule has 0 saturated heterocycles. The highest BCUT2D eigenvalue weighted by Gasteiger charge is 2.06. The minimum Gasteiger partial charge on any atom is -0.481 e. The highest BCUT2D eigenvalue weighted by atomic mass is 35.5. The summed E-state index contributed by atoms with van der Waals surface area (Å²) >= 11 is 7.44. The zero-order valence-corrected chi connectivity index (χ0v) is 9.81. The fourth-order valence-electron chi connectivity index (χ4n) is 1.27. The number of nitrogens with zero attached hydrogens (tertiary/aromatic N) is 1. The molecule has 0 radical (unpaired) electrons. The smallest absolute Gasteiger partial charge is 0.305 e. The van der Waals surface area contributed by atoms with Gasteiger partial charge in [0.05, 0.1) is 16.1 Å². The summed E-state index contributed by atoms with van der Waals surface area (Å²) in [5.41, 5.74) is 0.756. The van der Waals surface area contributed by atoms with E-state index in [4.69, 9.17) is 16.7 Å². The summed E-state index contributed by atoms with van der Waals surface area (Å²) in [6, 6.07) is 5.58. The van der Waals surface area contributed by atoms with Crippen LogP contribution in [0.3, 0.4) is 0 Å². The van der Waals surface area contributed by atoms with E-state index < -0.39 is 5.97 Å². The summed E-state index contributed by atoms with van der Waals surface area (Å²) in [6.45, 7) is 0.368. The van der Waals surface area contributed by atoms with Crippen molar-refractivity contribution in [3.05, 3.63) is 23.2 Å². The average Bonchev–Trinajstić information content (AvgIpc) is 2.61. The van der Waals surface area contributed by atoms with Crippen molar-refractivity contribution in [2.24, 2.45) is 0 Å². The van der Waals surface area contributed by atoms with Gasteiger partial charge in [-0.05, 0) is 12.1 Å². The molecule has 0 bridgehead atoms. The van der Waals surface area contributed by atoms with Crippen molar-refractivity contribution < 1.29 is 9.90 Å². The number of carboxylic acid groups (broad SMARTS) is 1. The first-order valence-electron chi connectivity index (χ1n) is 4.67. The monoisotopic (exact) mass is 256 g/mol. The summed E-state index contributed by atoms with van der Waals surface area (Å²) in [5, 5.41) is 12.8. The number of nitrogens with one attached hydrogen (secondary N) is 1. The topological polar surface area (TPSA) is 62.2 Å². The van der Waals surface area contributed by atoms with Crippen molar-refractivity contribution in [2.45, 2.75) is 6.42 Å². The number of hydrogen-bond acceptors (Lipinski definition) is 4. The molecule has 1 aromatic carbocycles. The van der Waals surface area contributed by atoms with Gasteiger partial charge in [-0.3, -0.25) is 4.79 Å². The van der Waals surface area contributed by atoms with Crippen molar-refractivity contribution in [1.82, 2.24) is 4.98 Å². The van der Waals surface area contributed by atoms with Crippen molar-refractivity contribution in [2.75, 3.05) is 11.9 Å². The third-order valence-corrected chi connectivity index (χ3v) is 3.27. The van der Waals surface area contributed by atoms with Gasteiger partial charge in [-0.25, -0.2) is 4.98 Å². The van der Waals surface area contributed by atoms with Crippen molar-refractivity contribution >= 4 is 44.3 Å². The van der Waals surface area contributed by atoms with E-state index >= 15 is 0 Å². The number of hydrogen-bond donors (Lipinski definition) is 2. The molecular formula is C10H9ClN2O2S. The maximum absolute atomic E-state index is 10.3. The van der Waals surface area contributed by atoms with Gasteiger partial charge in [0.2, 0.25) is 0 Å². The Labute approximate surface area is 101 Å². The second-order valence-corrected chi connectivity index (χ2v) is 4.61. The Kier molecular flexibility index (Phi) is 3.26. The third-order valence-electron chi connectivity index (χ3n) is 1.98. The van der Waals surface area contributed by atoms with E-state index in [1.165, 1.54) is 11.3 Å². The molecule has 0 aliphatic rings. The molecule has 16 heavy (non-hydrogen) atoms. The van der Waals surface area contributed by atoms with Crippen LogP contribution in [0.5, 0.6) is 0 Å². The lowest BCUT2D eigenvalue weighted by Gasteiger charge is -1.97. The van der Waals surface area contributed by atoms with Crippen LogP contribution in [0, 0.1) is 0 Å². The first kappa shape index (κ1) is 11.2. The van der Waals surface area contributed by atoms with Gasteiger partial charge in [0.25, 0.3) is 0 Å². The fourth-order valence-corrected chi connectivity index (χ4v) is 2.46. The van der Waals surface area contributed by atoms with Gasteiger partial charge in [0.1, 0.15) is 5.52 Å². The molecule has 0 aliphatic heterocycles. The summed E-state index contributed by atoms with van der Waals surface area (Å²) in [6.07, 6.45) is 0.0731. The van der Waals surface area contributed by atoms with Gasteiger partial charge >= 0.3 is 5.97 Å². The Morgan fingerprint density at radius 1 is 1.56 bits per heavy atom. The van der Waals surface area contributed by atoms with Gasteiger partial charge < -0.3 is 10.4 Å². The maximum Gasteiger partial charge on any atom is 0.305 e. The molecule has 6 heteroatoms. The number of anilines is 1. The standard InChI is InChI=1S/C10H9ClN2O2S/c11-6-2-1-3-7-9(6)13-10(16-7)12-5-4-8(14)15/h1-3H,4-5H2,(H,12,13)(H,14,15). The molecule has 0 spiro atoms. The quantitative estimate of drug-likeness (QED) is 0.883. The third kappa shape index (κ3) is 2.43. The normalized spacial score (nSPS) is 10.6. The number of halogens is 1. The number of para-hydroxylation sites is 1. The summed E-state index contributed by atoms with van der Waals surface area (Å²) in [7, 11) is 0. The van der Waals surface area contributed by atoms with Crippen LogP contribution in [-0.2, 0) is 4.79 Å². The van der Waals surface area contributed by atoms with Crippen LogP contribution in [0.25, 0.3) is 10.2 Å². The van der Waals surface area contributed by atoms with Crippen molar-refractivity contribution in [3.63, 3.8) is 0 Å². The van der Waals surface area contributed by atoms with E-state index in [2.05, 4.69) is 10.3 Å². The number of aliphatic carboxylic acids is 1. The first-order valence-corrected chi connectivity index (χ1v) is 5.87. The minimum atomic E-state index is -0.827. The number of fused-ring (bicyclic) bond motifs is 1. The number of thiazole rings is 1. The Hall–Kier alpha value is -1.33. The Bertz CT molecular complexity index is 527. The van der Waals surface area contributed by atoms with E-state index in [1.54, 1.807) is 6.07 Å². The molecule has 1 heterocycles. The fraction of sp³-hybridized carbons (Fsp3) is 0.200. The predicted molar refractivity (Wildman–Crippen MR) is 65.4 cm³/mol. The lowest BCUT2D eigenvalue weighted by molar-refractivity contribution is -0.136. The van der Waals surface area contributed by atoms with Gasteiger partial charge in [-0.15, -0.1) is 0 Å². The summed E-state index contributed by atoms with van der Waals surface area (Å²) < 4.78 is 0.991. The van der Waals surface area contributed by atoms with Crippen LogP contribution in [0.2, 0.25) is 5.02 Å². The molecule has 2 N–H and O–H groups in total. The Morgan fingerprint density at radius 2 is 2.38 bits per heavy atom. The van der Waals surface area contributed by atoms with Crippen LogP contribution in [0.1, 0.15) is 6.42 Å². The zero-order chi connectivity index (χ0) is 11.5. The van der Waals surface area contributed by atoms with Crippen LogP contribution < -0.4 is 5.32 Å². The molecule has 0 atom stereocenters. The molecule has 2 aromatic rings. The van der Waals surface area contributed by atoms with Crippen LogP contribution in [0.4, 0.5) is 5.13 Å². The lowest BCUT2D eigenvalue weighted by atomic mass is 10.3. The van der Waals surface area contributed by atoms with Crippen LogP contribution in [0.15, 0.2) is 18.2 Å². The first-order chi connectivity index (χ1) is 7.66. The van der Waals surface area contributed by atoms with Gasteiger partial charge in [-0.1, -0.05) is 29.0 Å². The SMILES string of the molecule is O=C(O)CCNc1nc2c(Cl)cccc2s1. The molecule has 0 fully saturated rings. The van der Waals surface area contributed by atoms with Crippen LogP contribution >= 0.6 is 22.9 Å². The molecule has 0 saturated carbocycles. The maximum atomic E-state index is 10.3. The Balaban J connectivity index is 2.14. The minimum absolute atomic E-state index is 0.0731. The number of aromatic nitrogens is 1. The number of rotatable bonds is 4. The van der Waals surface area contributed by atoms with E-state index in [9.17, 15) is 4.79 Å². The molecule has 0 unspecified atom stereocenters. The number of carbonyl (C=O) groups is 1. The average molecular weight is 257 g/mol. The predicted octanol–water partition coefficient (Wildman–Crippen LogP) is 2.84. The van der Waals surface area contributed by atoms with Crippen LogP contribution in [-0.4, -0.2) is 22.6 Å². The largest absolute Gasteiger partial charge is 0.481 e. The van der Waals surface area contributed by atoms with E-state index in [0.717, 1.165) is 10.2 Å². The van der Waals surface area contributed by atoms with E-state index in [0.29, 0.717) is 16.7 Å².